The summed E-state index contributed by atoms with van der Waals surface area (Å²) in [5.74, 6) is -2.83. The van der Waals surface area contributed by atoms with Crippen LogP contribution in [0.2, 0.25) is 0 Å². The first-order chi connectivity index (χ1) is 5.38. The zero-order valence-electron chi connectivity index (χ0n) is 7.56. The fourth-order valence-electron chi connectivity index (χ4n) is 0.621. The molecule has 0 aromatic heterocycles. The van der Waals surface area contributed by atoms with E-state index in [-0.39, 0.29) is 5.57 Å². The van der Waals surface area contributed by atoms with Gasteiger partial charge in [0.05, 0.1) is 0 Å². The highest BCUT2D eigenvalue weighted by molar-refractivity contribution is 5.81. The Balaban J connectivity index is 4.53. The maximum absolute atomic E-state index is 12.6. The Hall–Kier alpha value is -0.990. The van der Waals surface area contributed by atoms with Crippen molar-refractivity contribution in [2.75, 3.05) is 0 Å². The normalized spacial score (nSPS) is 13.9. The van der Waals surface area contributed by atoms with Gasteiger partial charge in [0.1, 0.15) is 0 Å². The van der Waals surface area contributed by atoms with Gasteiger partial charge >= 0.3 is 0 Å². The molecule has 0 saturated carbocycles. The van der Waals surface area contributed by atoms with Crippen molar-refractivity contribution in [2.45, 2.75) is 26.7 Å². The van der Waals surface area contributed by atoms with Gasteiger partial charge in [-0.25, -0.2) is 8.78 Å². The lowest BCUT2D eigenvalue weighted by molar-refractivity contribution is 0.0705. The van der Waals surface area contributed by atoms with Gasteiger partial charge in [0.25, 0.3) is 5.92 Å². The van der Waals surface area contributed by atoms with E-state index >= 15 is 0 Å². The SMILES string of the molecule is C=C(C)N=C/C(=C\C)C(C)(F)F. The average molecular weight is 173 g/mol. The third-order valence-electron chi connectivity index (χ3n) is 1.24. The second kappa shape index (κ2) is 4.14. The molecule has 0 aliphatic carbocycles. The van der Waals surface area contributed by atoms with Crippen molar-refractivity contribution in [1.82, 2.24) is 0 Å². The molecule has 0 aromatic rings. The third-order valence-corrected chi connectivity index (χ3v) is 1.24. The van der Waals surface area contributed by atoms with Gasteiger partial charge in [-0.1, -0.05) is 12.7 Å². The monoisotopic (exact) mass is 173 g/mol. The first kappa shape index (κ1) is 11.0. The van der Waals surface area contributed by atoms with E-state index in [1.807, 2.05) is 0 Å². The van der Waals surface area contributed by atoms with E-state index < -0.39 is 5.92 Å². The Kier molecular flexibility index (Phi) is 3.80. The highest BCUT2D eigenvalue weighted by Gasteiger charge is 2.24. The molecule has 0 amide bonds. The highest BCUT2D eigenvalue weighted by atomic mass is 19.3. The molecule has 0 aliphatic heterocycles. The van der Waals surface area contributed by atoms with Crippen molar-refractivity contribution in [2.24, 2.45) is 4.99 Å². The van der Waals surface area contributed by atoms with Crippen molar-refractivity contribution < 1.29 is 8.78 Å². The molecule has 12 heavy (non-hydrogen) atoms. The van der Waals surface area contributed by atoms with Gasteiger partial charge in [0.15, 0.2) is 0 Å². The number of aliphatic imine (C=N–C) groups is 1. The minimum Gasteiger partial charge on any atom is -0.262 e. The van der Waals surface area contributed by atoms with Gasteiger partial charge < -0.3 is 0 Å². The first-order valence-corrected chi connectivity index (χ1v) is 3.62. The molecule has 0 bridgehead atoms. The van der Waals surface area contributed by atoms with E-state index in [0.717, 1.165) is 13.1 Å². The van der Waals surface area contributed by atoms with Crippen LogP contribution in [0.3, 0.4) is 0 Å². The van der Waals surface area contributed by atoms with E-state index in [9.17, 15) is 8.78 Å². The summed E-state index contributed by atoms with van der Waals surface area (Å²) < 4.78 is 25.3. The second-order valence-corrected chi connectivity index (χ2v) is 2.63. The largest absolute Gasteiger partial charge is 0.271 e. The van der Waals surface area contributed by atoms with E-state index in [0.29, 0.717) is 5.70 Å². The number of nitrogens with zero attached hydrogens (tertiary/aromatic N) is 1. The Morgan fingerprint density at radius 2 is 2.00 bits per heavy atom. The molecule has 0 radical (unpaired) electrons. The molecule has 0 fully saturated rings. The lowest BCUT2D eigenvalue weighted by atomic mass is 10.1. The zero-order chi connectivity index (χ0) is 9.78. The summed E-state index contributed by atoms with van der Waals surface area (Å²) in [5, 5.41) is 0. The Labute approximate surface area is 71.5 Å². The number of alkyl halides is 2. The molecule has 0 spiro atoms. The molecule has 0 atom stereocenters. The molecule has 68 valence electrons. The minimum absolute atomic E-state index is 0.0921. The molecule has 0 rings (SSSR count). The van der Waals surface area contributed by atoms with Crippen molar-refractivity contribution in [3.05, 3.63) is 23.9 Å². The molecule has 0 heterocycles. The lowest BCUT2D eigenvalue weighted by Crippen LogP contribution is -2.14. The van der Waals surface area contributed by atoms with E-state index in [2.05, 4.69) is 11.6 Å². The minimum atomic E-state index is -2.83. The summed E-state index contributed by atoms with van der Waals surface area (Å²) in [5.41, 5.74) is 0.420. The fourth-order valence-corrected chi connectivity index (χ4v) is 0.621. The van der Waals surface area contributed by atoms with Gasteiger partial charge in [-0.15, -0.1) is 0 Å². The van der Waals surface area contributed by atoms with Gasteiger partial charge in [-0.3, -0.25) is 4.99 Å². The molecular weight excluding hydrogens is 160 g/mol. The Morgan fingerprint density at radius 3 is 2.25 bits per heavy atom. The molecule has 0 aliphatic rings. The maximum atomic E-state index is 12.6. The molecule has 1 nitrogen and oxygen atoms in total. The van der Waals surface area contributed by atoms with Gasteiger partial charge in [0.2, 0.25) is 0 Å². The van der Waals surface area contributed by atoms with E-state index in [1.54, 1.807) is 13.8 Å². The Morgan fingerprint density at radius 1 is 1.50 bits per heavy atom. The smallest absolute Gasteiger partial charge is 0.262 e. The predicted octanol–water partition coefficient (Wildman–Crippen LogP) is 3.19. The molecule has 0 aromatic carbocycles. The standard InChI is InChI=1S/C9H13F2N/c1-5-8(9(4,10)11)6-12-7(2)3/h5-6H,2H2,1,3-4H3/b8-5+,12-6?. The summed E-state index contributed by atoms with van der Waals surface area (Å²) in [6.45, 7) is 7.52. The number of allylic oxidation sites excluding steroid dienone is 3. The van der Waals surface area contributed by atoms with Gasteiger partial charge in [-0.05, 0) is 13.8 Å². The second-order valence-electron chi connectivity index (χ2n) is 2.63. The highest BCUT2D eigenvalue weighted by Crippen LogP contribution is 2.21. The van der Waals surface area contributed by atoms with E-state index in [4.69, 9.17) is 0 Å². The predicted molar refractivity (Wildman–Crippen MR) is 47.7 cm³/mol. The van der Waals surface area contributed by atoms with Crippen LogP contribution in [-0.2, 0) is 0 Å². The topological polar surface area (TPSA) is 12.4 Å². The van der Waals surface area contributed by atoms with Crippen LogP contribution in [0.15, 0.2) is 28.9 Å². The summed E-state index contributed by atoms with van der Waals surface area (Å²) in [6, 6.07) is 0. The quantitative estimate of drug-likeness (QED) is 0.581. The number of rotatable bonds is 3. The van der Waals surface area contributed by atoms with Crippen LogP contribution in [0, 0.1) is 0 Å². The van der Waals surface area contributed by atoms with Crippen molar-refractivity contribution in [3.63, 3.8) is 0 Å². The number of hydrogen-bond donors (Lipinski definition) is 0. The van der Waals surface area contributed by atoms with E-state index in [1.165, 1.54) is 6.08 Å². The third kappa shape index (κ3) is 4.01. The summed E-state index contributed by atoms with van der Waals surface area (Å²) in [7, 11) is 0. The van der Waals surface area contributed by atoms with Gasteiger partial charge in [-0.2, -0.15) is 0 Å². The maximum Gasteiger partial charge on any atom is 0.271 e. The van der Waals surface area contributed by atoms with Crippen LogP contribution in [0.1, 0.15) is 20.8 Å². The molecule has 3 heteroatoms. The number of halogens is 2. The molecular formula is C9H13F2N. The summed E-state index contributed by atoms with van der Waals surface area (Å²) in [4.78, 5) is 3.69. The van der Waals surface area contributed by atoms with Crippen LogP contribution in [0.25, 0.3) is 0 Å². The average Bonchev–Trinajstić information content (AvgIpc) is 1.85. The van der Waals surface area contributed by atoms with Crippen LogP contribution < -0.4 is 0 Å². The lowest BCUT2D eigenvalue weighted by Gasteiger charge is -2.09. The Bertz CT molecular complexity index is 221. The number of hydrogen-bond acceptors (Lipinski definition) is 1. The van der Waals surface area contributed by atoms with Crippen LogP contribution in [-0.4, -0.2) is 12.1 Å². The van der Waals surface area contributed by atoms with Crippen molar-refractivity contribution >= 4 is 6.21 Å². The van der Waals surface area contributed by atoms with Crippen molar-refractivity contribution in [3.8, 4) is 0 Å². The first-order valence-electron chi connectivity index (χ1n) is 3.62. The summed E-state index contributed by atoms with van der Waals surface area (Å²) >= 11 is 0. The molecule has 0 unspecified atom stereocenters. The molecule has 0 N–H and O–H groups in total. The van der Waals surface area contributed by atoms with Crippen molar-refractivity contribution in [1.29, 1.82) is 0 Å². The zero-order valence-corrected chi connectivity index (χ0v) is 7.56. The fraction of sp³-hybridized carbons (Fsp3) is 0.444. The van der Waals surface area contributed by atoms with Crippen LogP contribution >= 0.6 is 0 Å². The van der Waals surface area contributed by atoms with Crippen LogP contribution in [0.5, 0.6) is 0 Å². The van der Waals surface area contributed by atoms with Crippen LogP contribution in [0.4, 0.5) is 8.78 Å². The van der Waals surface area contributed by atoms with Gasteiger partial charge in [0, 0.05) is 24.4 Å². The molecule has 0 saturated heterocycles. The summed E-state index contributed by atoms with van der Waals surface area (Å²) in [6.07, 6.45) is 2.48.